The maximum atomic E-state index is 5.35. The van der Waals surface area contributed by atoms with Crippen molar-refractivity contribution in [1.82, 2.24) is 4.98 Å². The maximum absolute atomic E-state index is 5.35. The van der Waals surface area contributed by atoms with Gasteiger partial charge in [0.25, 0.3) is 0 Å². The molecule has 14 heavy (non-hydrogen) atoms. The average molecular weight is 191 g/mol. The molecular weight excluding hydrogens is 174 g/mol. The Labute approximate surface area is 85.6 Å². The van der Waals surface area contributed by atoms with Crippen LogP contribution in [0.5, 0.6) is 5.75 Å². The molecule has 2 nitrogen and oxygen atoms in total. The summed E-state index contributed by atoms with van der Waals surface area (Å²) < 4.78 is 5.35. The SMILES string of the molecule is C=C(C)c1nc(C)c(C)c(C)c1OC. The number of aromatic nitrogens is 1. The molecule has 0 amide bonds. The fourth-order valence-electron chi connectivity index (χ4n) is 1.46. The van der Waals surface area contributed by atoms with Crippen molar-refractivity contribution in [2.75, 3.05) is 7.11 Å². The molecule has 0 aromatic carbocycles. The Bertz CT molecular complexity index is 380. The second-order valence-electron chi connectivity index (χ2n) is 3.61. The molecule has 0 bridgehead atoms. The number of hydrogen-bond donors (Lipinski definition) is 0. The number of allylic oxidation sites excluding steroid dienone is 1. The summed E-state index contributed by atoms with van der Waals surface area (Å²) in [7, 11) is 1.67. The molecule has 1 aromatic rings. The van der Waals surface area contributed by atoms with Gasteiger partial charge in [-0.1, -0.05) is 6.58 Å². The first-order valence-corrected chi connectivity index (χ1v) is 4.66. The molecule has 0 saturated heterocycles. The third kappa shape index (κ3) is 1.65. The van der Waals surface area contributed by atoms with Crippen molar-refractivity contribution >= 4 is 5.57 Å². The zero-order chi connectivity index (χ0) is 10.9. The van der Waals surface area contributed by atoms with Crippen molar-refractivity contribution < 1.29 is 4.74 Å². The van der Waals surface area contributed by atoms with E-state index in [-0.39, 0.29) is 0 Å². The van der Waals surface area contributed by atoms with Crippen molar-refractivity contribution in [3.63, 3.8) is 0 Å². The summed E-state index contributed by atoms with van der Waals surface area (Å²) in [5.74, 6) is 0.848. The Kier molecular flexibility index (Phi) is 2.94. The number of aryl methyl sites for hydroxylation is 1. The van der Waals surface area contributed by atoms with Gasteiger partial charge in [0.05, 0.1) is 7.11 Å². The number of nitrogens with zero attached hydrogens (tertiary/aromatic N) is 1. The molecule has 0 aliphatic heterocycles. The number of pyridine rings is 1. The molecule has 1 rings (SSSR count). The van der Waals surface area contributed by atoms with Gasteiger partial charge in [0.1, 0.15) is 11.4 Å². The van der Waals surface area contributed by atoms with Crippen LogP contribution in [0.3, 0.4) is 0 Å². The quantitative estimate of drug-likeness (QED) is 0.716. The topological polar surface area (TPSA) is 22.1 Å². The van der Waals surface area contributed by atoms with Crippen LogP contribution in [0.25, 0.3) is 5.57 Å². The van der Waals surface area contributed by atoms with E-state index in [9.17, 15) is 0 Å². The Balaban J connectivity index is 3.51. The van der Waals surface area contributed by atoms with Gasteiger partial charge >= 0.3 is 0 Å². The molecule has 0 saturated carbocycles. The number of ether oxygens (including phenoxy) is 1. The van der Waals surface area contributed by atoms with Gasteiger partial charge in [-0.05, 0) is 44.4 Å². The summed E-state index contributed by atoms with van der Waals surface area (Å²) >= 11 is 0. The molecule has 0 radical (unpaired) electrons. The molecule has 2 heteroatoms. The summed E-state index contributed by atoms with van der Waals surface area (Å²) in [6.45, 7) is 12.0. The average Bonchev–Trinajstić information content (AvgIpc) is 2.13. The maximum Gasteiger partial charge on any atom is 0.147 e. The normalized spacial score (nSPS) is 10.1. The molecule has 0 aliphatic rings. The summed E-state index contributed by atoms with van der Waals surface area (Å²) in [6.07, 6.45) is 0. The molecule has 0 spiro atoms. The van der Waals surface area contributed by atoms with E-state index in [1.54, 1.807) is 7.11 Å². The minimum atomic E-state index is 0.848. The molecule has 0 fully saturated rings. The minimum Gasteiger partial charge on any atom is -0.494 e. The predicted octanol–water partition coefficient (Wildman–Crippen LogP) is 3.05. The van der Waals surface area contributed by atoms with Crippen molar-refractivity contribution in [3.8, 4) is 5.75 Å². The van der Waals surface area contributed by atoms with E-state index in [0.717, 1.165) is 28.3 Å². The highest BCUT2D eigenvalue weighted by Gasteiger charge is 2.12. The van der Waals surface area contributed by atoms with Crippen LogP contribution < -0.4 is 4.74 Å². The van der Waals surface area contributed by atoms with E-state index in [4.69, 9.17) is 4.74 Å². The number of hydrogen-bond acceptors (Lipinski definition) is 2. The van der Waals surface area contributed by atoms with E-state index in [2.05, 4.69) is 25.4 Å². The van der Waals surface area contributed by atoms with Crippen LogP contribution in [-0.2, 0) is 0 Å². The van der Waals surface area contributed by atoms with Crippen LogP contribution in [0.1, 0.15) is 29.4 Å². The van der Waals surface area contributed by atoms with E-state index < -0.39 is 0 Å². The van der Waals surface area contributed by atoms with Crippen LogP contribution >= 0.6 is 0 Å². The lowest BCUT2D eigenvalue weighted by Gasteiger charge is -2.14. The van der Waals surface area contributed by atoms with Crippen LogP contribution in [0, 0.1) is 20.8 Å². The first-order chi connectivity index (χ1) is 6.49. The third-order valence-electron chi connectivity index (χ3n) is 2.55. The lowest BCUT2D eigenvalue weighted by molar-refractivity contribution is 0.407. The fraction of sp³-hybridized carbons (Fsp3) is 0.417. The number of rotatable bonds is 2. The Hall–Kier alpha value is -1.31. The van der Waals surface area contributed by atoms with Crippen LogP contribution in [0.4, 0.5) is 0 Å². The highest BCUT2D eigenvalue weighted by molar-refractivity contribution is 5.66. The Morgan fingerprint density at radius 3 is 2.21 bits per heavy atom. The first kappa shape index (κ1) is 10.8. The molecule has 0 aliphatic carbocycles. The highest BCUT2D eigenvalue weighted by atomic mass is 16.5. The molecule has 0 atom stereocenters. The summed E-state index contributed by atoms with van der Waals surface area (Å²) in [6, 6.07) is 0. The highest BCUT2D eigenvalue weighted by Crippen LogP contribution is 2.29. The zero-order valence-electron chi connectivity index (χ0n) is 9.56. The fourth-order valence-corrected chi connectivity index (χ4v) is 1.46. The van der Waals surface area contributed by atoms with Gasteiger partial charge in [-0.3, -0.25) is 0 Å². The lowest BCUT2D eigenvalue weighted by Crippen LogP contribution is -2.01. The Morgan fingerprint density at radius 2 is 1.79 bits per heavy atom. The van der Waals surface area contributed by atoms with Gasteiger partial charge in [-0.25, -0.2) is 4.98 Å². The van der Waals surface area contributed by atoms with Gasteiger partial charge in [0.2, 0.25) is 0 Å². The van der Waals surface area contributed by atoms with Crippen molar-refractivity contribution in [1.29, 1.82) is 0 Å². The molecule has 1 heterocycles. The van der Waals surface area contributed by atoms with Crippen LogP contribution in [0.15, 0.2) is 6.58 Å². The smallest absolute Gasteiger partial charge is 0.147 e. The Morgan fingerprint density at radius 1 is 1.21 bits per heavy atom. The summed E-state index contributed by atoms with van der Waals surface area (Å²) in [5, 5.41) is 0. The van der Waals surface area contributed by atoms with Gasteiger partial charge in [0.15, 0.2) is 0 Å². The van der Waals surface area contributed by atoms with Crippen LogP contribution in [0.2, 0.25) is 0 Å². The van der Waals surface area contributed by atoms with Gasteiger partial charge in [-0.2, -0.15) is 0 Å². The van der Waals surface area contributed by atoms with Crippen molar-refractivity contribution in [3.05, 3.63) is 29.1 Å². The summed E-state index contributed by atoms with van der Waals surface area (Å²) in [4.78, 5) is 4.48. The minimum absolute atomic E-state index is 0.848. The number of methoxy groups -OCH3 is 1. The van der Waals surface area contributed by atoms with E-state index in [1.807, 2.05) is 13.8 Å². The molecular formula is C12H17NO. The summed E-state index contributed by atoms with van der Waals surface area (Å²) in [5.41, 5.74) is 5.19. The standard InChI is InChI=1S/C12H17NO/c1-7(2)11-12(14-6)9(4)8(3)10(5)13-11/h1H2,2-6H3. The largest absolute Gasteiger partial charge is 0.494 e. The monoisotopic (exact) mass is 191 g/mol. The second kappa shape index (κ2) is 3.82. The zero-order valence-corrected chi connectivity index (χ0v) is 9.56. The lowest BCUT2D eigenvalue weighted by atomic mass is 10.0. The van der Waals surface area contributed by atoms with E-state index >= 15 is 0 Å². The molecule has 1 aromatic heterocycles. The molecule has 0 N–H and O–H groups in total. The van der Waals surface area contributed by atoms with E-state index in [0.29, 0.717) is 0 Å². The molecule has 76 valence electrons. The van der Waals surface area contributed by atoms with Crippen LogP contribution in [-0.4, -0.2) is 12.1 Å². The van der Waals surface area contributed by atoms with Gasteiger partial charge < -0.3 is 4.74 Å². The van der Waals surface area contributed by atoms with Gasteiger partial charge in [-0.15, -0.1) is 0 Å². The third-order valence-corrected chi connectivity index (χ3v) is 2.55. The van der Waals surface area contributed by atoms with Crippen molar-refractivity contribution in [2.45, 2.75) is 27.7 Å². The molecule has 0 unspecified atom stereocenters. The second-order valence-corrected chi connectivity index (χ2v) is 3.61. The van der Waals surface area contributed by atoms with E-state index in [1.165, 1.54) is 5.56 Å². The van der Waals surface area contributed by atoms with Gasteiger partial charge in [0, 0.05) is 5.69 Å². The predicted molar refractivity (Wildman–Crippen MR) is 59.7 cm³/mol. The first-order valence-electron chi connectivity index (χ1n) is 4.66. The van der Waals surface area contributed by atoms with Crippen molar-refractivity contribution in [2.24, 2.45) is 0 Å².